The average molecular weight is 228 g/mol. The Labute approximate surface area is 98.5 Å². The van der Waals surface area contributed by atoms with Crippen LogP contribution < -0.4 is 0 Å². The molecular weight excluding hydrogens is 204 g/mol. The molecule has 1 aliphatic rings. The van der Waals surface area contributed by atoms with E-state index in [-0.39, 0.29) is 5.78 Å². The van der Waals surface area contributed by atoms with Gasteiger partial charge in [0.05, 0.1) is 0 Å². The first-order chi connectivity index (χ1) is 7.62. The van der Waals surface area contributed by atoms with Gasteiger partial charge < -0.3 is 9.47 Å². The van der Waals surface area contributed by atoms with E-state index in [1.807, 2.05) is 20.8 Å². The van der Waals surface area contributed by atoms with Crippen LogP contribution in [0.15, 0.2) is 0 Å². The third-order valence-corrected chi connectivity index (χ3v) is 3.54. The van der Waals surface area contributed by atoms with Gasteiger partial charge in [0.2, 0.25) is 0 Å². The third-order valence-electron chi connectivity index (χ3n) is 3.54. The summed E-state index contributed by atoms with van der Waals surface area (Å²) in [7, 11) is 0. The topological polar surface area (TPSA) is 35.5 Å². The number of ketones is 1. The molecule has 1 aliphatic heterocycles. The van der Waals surface area contributed by atoms with Gasteiger partial charge in [-0.3, -0.25) is 4.79 Å². The Morgan fingerprint density at radius 2 is 2.00 bits per heavy atom. The summed E-state index contributed by atoms with van der Waals surface area (Å²) in [5.74, 6) is 0.747. The van der Waals surface area contributed by atoms with E-state index in [2.05, 4.69) is 0 Å². The van der Waals surface area contributed by atoms with Crippen molar-refractivity contribution in [3.05, 3.63) is 0 Å². The second-order valence-electron chi connectivity index (χ2n) is 4.70. The molecule has 16 heavy (non-hydrogen) atoms. The fraction of sp³-hybridized carbons (Fsp3) is 0.923. The molecule has 94 valence electrons. The maximum atomic E-state index is 12.2. The molecule has 3 heteroatoms. The fourth-order valence-corrected chi connectivity index (χ4v) is 2.13. The lowest BCUT2D eigenvalue weighted by atomic mass is 9.86. The average Bonchev–Trinajstić information content (AvgIpc) is 2.30. The molecule has 0 N–H and O–H groups in total. The summed E-state index contributed by atoms with van der Waals surface area (Å²) in [5.41, 5.74) is -0.576. The van der Waals surface area contributed by atoms with Crippen molar-refractivity contribution in [3.8, 4) is 0 Å². The van der Waals surface area contributed by atoms with Gasteiger partial charge in [-0.1, -0.05) is 6.92 Å². The van der Waals surface area contributed by atoms with Gasteiger partial charge in [0.1, 0.15) is 5.60 Å². The molecule has 1 heterocycles. The van der Waals surface area contributed by atoms with E-state index in [9.17, 15) is 4.79 Å². The highest BCUT2D eigenvalue weighted by Crippen LogP contribution is 2.25. The molecule has 1 atom stereocenters. The highest BCUT2D eigenvalue weighted by molar-refractivity contribution is 5.87. The van der Waals surface area contributed by atoms with Gasteiger partial charge >= 0.3 is 0 Å². The van der Waals surface area contributed by atoms with Crippen LogP contribution in [0.1, 0.15) is 46.5 Å². The summed E-state index contributed by atoms with van der Waals surface area (Å²) in [6, 6.07) is 0. The second kappa shape index (κ2) is 6.36. The Morgan fingerprint density at radius 1 is 1.38 bits per heavy atom. The van der Waals surface area contributed by atoms with Crippen molar-refractivity contribution in [2.24, 2.45) is 5.92 Å². The minimum absolute atomic E-state index is 0.253. The van der Waals surface area contributed by atoms with Gasteiger partial charge in [-0.25, -0.2) is 0 Å². The molecule has 0 aromatic carbocycles. The standard InChI is InChI=1S/C13H24O3/c1-4-13(3,16-5-2)12(14)10-11-6-8-15-9-7-11/h11H,4-10H2,1-3H3. The number of hydrogen-bond acceptors (Lipinski definition) is 3. The zero-order valence-corrected chi connectivity index (χ0v) is 10.8. The lowest BCUT2D eigenvalue weighted by Crippen LogP contribution is -2.39. The lowest BCUT2D eigenvalue weighted by molar-refractivity contribution is -0.144. The van der Waals surface area contributed by atoms with Gasteiger partial charge in [0.25, 0.3) is 0 Å². The molecule has 0 aromatic heterocycles. The van der Waals surface area contributed by atoms with E-state index in [4.69, 9.17) is 9.47 Å². The quantitative estimate of drug-likeness (QED) is 0.701. The molecule has 1 rings (SSSR count). The first-order valence-corrected chi connectivity index (χ1v) is 6.37. The van der Waals surface area contributed by atoms with Crippen LogP contribution in [-0.2, 0) is 14.3 Å². The van der Waals surface area contributed by atoms with Crippen molar-refractivity contribution in [2.75, 3.05) is 19.8 Å². The summed E-state index contributed by atoms with van der Waals surface area (Å²) in [4.78, 5) is 12.2. The fourth-order valence-electron chi connectivity index (χ4n) is 2.13. The summed E-state index contributed by atoms with van der Waals surface area (Å²) in [5, 5.41) is 0. The highest BCUT2D eigenvalue weighted by Gasteiger charge is 2.33. The Balaban J connectivity index is 2.47. The number of ether oxygens (including phenoxy) is 2. The number of carbonyl (C=O) groups excluding carboxylic acids is 1. The van der Waals surface area contributed by atoms with Crippen molar-refractivity contribution >= 4 is 5.78 Å². The summed E-state index contributed by atoms with van der Waals surface area (Å²) in [6.07, 6.45) is 3.42. The van der Waals surface area contributed by atoms with Crippen LogP contribution >= 0.6 is 0 Å². The number of Topliss-reactive ketones (excluding diaryl/α,β-unsaturated/α-hetero) is 1. The zero-order valence-electron chi connectivity index (χ0n) is 10.8. The molecule has 0 aromatic rings. The molecule has 0 amide bonds. The molecular formula is C13H24O3. The van der Waals surface area contributed by atoms with Crippen molar-refractivity contribution in [2.45, 2.75) is 52.1 Å². The first-order valence-electron chi connectivity index (χ1n) is 6.37. The molecule has 0 bridgehead atoms. The Hall–Kier alpha value is -0.410. The zero-order chi connectivity index (χ0) is 12.0. The second-order valence-corrected chi connectivity index (χ2v) is 4.70. The van der Waals surface area contributed by atoms with Crippen molar-refractivity contribution in [1.29, 1.82) is 0 Å². The predicted molar refractivity (Wildman–Crippen MR) is 63.5 cm³/mol. The number of rotatable bonds is 6. The van der Waals surface area contributed by atoms with E-state index in [0.717, 1.165) is 32.5 Å². The third kappa shape index (κ3) is 3.56. The van der Waals surface area contributed by atoms with Gasteiger partial charge in [-0.2, -0.15) is 0 Å². The summed E-state index contributed by atoms with van der Waals surface area (Å²) in [6.45, 7) is 8.07. The van der Waals surface area contributed by atoms with E-state index >= 15 is 0 Å². The van der Waals surface area contributed by atoms with Gasteiger partial charge in [0.15, 0.2) is 5.78 Å². The van der Waals surface area contributed by atoms with Crippen LogP contribution in [-0.4, -0.2) is 31.2 Å². The van der Waals surface area contributed by atoms with E-state index in [1.165, 1.54) is 0 Å². The largest absolute Gasteiger partial charge is 0.381 e. The highest BCUT2D eigenvalue weighted by atomic mass is 16.5. The van der Waals surface area contributed by atoms with Crippen LogP contribution in [0.5, 0.6) is 0 Å². The predicted octanol–water partition coefficient (Wildman–Crippen LogP) is 2.58. The van der Waals surface area contributed by atoms with Gasteiger partial charge in [-0.05, 0) is 39.0 Å². The molecule has 0 saturated carbocycles. The Bertz CT molecular complexity index is 221. The smallest absolute Gasteiger partial charge is 0.164 e. The van der Waals surface area contributed by atoms with E-state index in [1.54, 1.807) is 0 Å². The molecule has 1 saturated heterocycles. The van der Waals surface area contributed by atoms with Crippen molar-refractivity contribution < 1.29 is 14.3 Å². The summed E-state index contributed by atoms with van der Waals surface area (Å²) >= 11 is 0. The molecule has 3 nitrogen and oxygen atoms in total. The van der Waals surface area contributed by atoms with Gasteiger partial charge in [-0.15, -0.1) is 0 Å². The monoisotopic (exact) mass is 228 g/mol. The van der Waals surface area contributed by atoms with E-state index < -0.39 is 5.60 Å². The normalized spacial score (nSPS) is 21.7. The van der Waals surface area contributed by atoms with Crippen LogP contribution in [0.3, 0.4) is 0 Å². The molecule has 1 unspecified atom stereocenters. The maximum absolute atomic E-state index is 12.2. The minimum atomic E-state index is -0.576. The molecule has 1 fully saturated rings. The molecule has 0 spiro atoms. The lowest BCUT2D eigenvalue weighted by Gasteiger charge is -2.29. The molecule has 0 aliphatic carbocycles. The Kier molecular flexibility index (Phi) is 5.42. The minimum Gasteiger partial charge on any atom is -0.381 e. The van der Waals surface area contributed by atoms with Crippen LogP contribution in [0.2, 0.25) is 0 Å². The number of hydrogen-bond donors (Lipinski definition) is 0. The Morgan fingerprint density at radius 3 is 2.50 bits per heavy atom. The van der Waals surface area contributed by atoms with Crippen molar-refractivity contribution in [1.82, 2.24) is 0 Å². The summed E-state index contributed by atoms with van der Waals surface area (Å²) < 4.78 is 10.9. The first kappa shape index (κ1) is 13.7. The van der Waals surface area contributed by atoms with Crippen molar-refractivity contribution in [3.63, 3.8) is 0 Å². The van der Waals surface area contributed by atoms with E-state index in [0.29, 0.717) is 18.9 Å². The van der Waals surface area contributed by atoms with Crippen LogP contribution in [0.25, 0.3) is 0 Å². The maximum Gasteiger partial charge on any atom is 0.164 e. The van der Waals surface area contributed by atoms with Crippen LogP contribution in [0.4, 0.5) is 0 Å². The number of carbonyl (C=O) groups is 1. The van der Waals surface area contributed by atoms with Gasteiger partial charge in [0, 0.05) is 26.2 Å². The molecule has 0 radical (unpaired) electrons. The SMILES string of the molecule is CCOC(C)(CC)C(=O)CC1CCOCC1. The van der Waals surface area contributed by atoms with Crippen LogP contribution in [0, 0.1) is 5.92 Å².